The summed E-state index contributed by atoms with van der Waals surface area (Å²) in [6.45, 7) is 6.59. The number of methoxy groups -OCH3 is 1. The van der Waals surface area contributed by atoms with E-state index in [-0.39, 0.29) is 17.4 Å². The van der Waals surface area contributed by atoms with Crippen LogP contribution in [-0.4, -0.2) is 43.1 Å². The molecular weight excluding hydrogens is 300 g/mol. The van der Waals surface area contributed by atoms with Gasteiger partial charge in [0.1, 0.15) is 5.75 Å². The van der Waals surface area contributed by atoms with E-state index >= 15 is 0 Å². The van der Waals surface area contributed by atoms with Gasteiger partial charge in [-0.15, -0.1) is 6.42 Å². The van der Waals surface area contributed by atoms with Gasteiger partial charge in [0.2, 0.25) is 5.91 Å². The third-order valence-electron chi connectivity index (χ3n) is 4.56. The predicted molar refractivity (Wildman–Crippen MR) is 96.9 cm³/mol. The second-order valence-electron chi connectivity index (χ2n) is 7.12. The Hall–Kier alpha value is -1.99. The molecule has 0 saturated carbocycles. The van der Waals surface area contributed by atoms with Crippen molar-refractivity contribution >= 4 is 5.91 Å². The van der Waals surface area contributed by atoms with Crippen LogP contribution in [0.25, 0.3) is 0 Å². The Kier molecular flexibility index (Phi) is 6.28. The van der Waals surface area contributed by atoms with Crippen LogP contribution in [0.3, 0.4) is 0 Å². The molecule has 24 heavy (non-hydrogen) atoms. The van der Waals surface area contributed by atoms with Crippen molar-refractivity contribution in [2.24, 2.45) is 5.92 Å². The molecule has 1 aliphatic heterocycles. The lowest BCUT2D eigenvalue weighted by Crippen LogP contribution is -2.49. The first-order valence-corrected chi connectivity index (χ1v) is 8.55. The summed E-state index contributed by atoms with van der Waals surface area (Å²) in [5, 5.41) is 3.22. The molecule has 0 radical (unpaired) electrons. The Labute approximate surface area is 145 Å². The van der Waals surface area contributed by atoms with Crippen molar-refractivity contribution in [1.82, 2.24) is 10.2 Å². The molecule has 1 N–H and O–H groups in total. The first-order chi connectivity index (χ1) is 11.4. The molecule has 4 nitrogen and oxygen atoms in total. The van der Waals surface area contributed by atoms with E-state index in [4.69, 9.17) is 11.2 Å². The van der Waals surface area contributed by atoms with Crippen LogP contribution >= 0.6 is 0 Å². The standard InChI is InChI=1S/C20H28N2O2/c1-5-12-22-13-10-16(11-14-22)19(23)21-20(2,3)15-17-8-6-7-9-18(17)24-4/h1,6-9,16H,10-15H2,2-4H3,(H,21,23). The van der Waals surface area contributed by atoms with Crippen molar-refractivity contribution in [1.29, 1.82) is 0 Å². The fourth-order valence-corrected chi connectivity index (χ4v) is 3.29. The molecule has 1 saturated heterocycles. The first kappa shape index (κ1) is 18.4. The van der Waals surface area contributed by atoms with Crippen molar-refractivity contribution in [3.8, 4) is 18.1 Å². The highest BCUT2D eigenvalue weighted by Crippen LogP contribution is 2.24. The Morgan fingerprint density at radius 2 is 2.04 bits per heavy atom. The smallest absolute Gasteiger partial charge is 0.223 e. The molecule has 4 heteroatoms. The molecule has 130 valence electrons. The Bertz CT molecular complexity index is 596. The maximum Gasteiger partial charge on any atom is 0.223 e. The number of ether oxygens (including phenoxy) is 1. The summed E-state index contributed by atoms with van der Waals surface area (Å²) >= 11 is 0. The maximum atomic E-state index is 12.6. The number of nitrogens with zero attached hydrogens (tertiary/aromatic N) is 1. The molecule has 0 spiro atoms. The number of hydrogen-bond donors (Lipinski definition) is 1. The average molecular weight is 328 g/mol. The van der Waals surface area contributed by atoms with Gasteiger partial charge in [0.15, 0.2) is 0 Å². The lowest BCUT2D eigenvalue weighted by Gasteiger charge is -2.33. The van der Waals surface area contributed by atoms with Crippen LogP contribution in [0, 0.1) is 18.3 Å². The van der Waals surface area contributed by atoms with Crippen LogP contribution in [0.15, 0.2) is 24.3 Å². The fourth-order valence-electron chi connectivity index (χ4n) is 3.29. The zero-order valence-electron chi connectivity index (χ0n) is 15.0. The topological polar surface area (TPSA) is 41.6 Å². The van der Waals surface area contributed by atoms with E-state index in [1.807, 2.05) is 24.3 Å². The van der Waals surface area contributed by atoms with Crippen LogP contribution in [0.2, 0.25) is 0 Å². The zero-order valence-corrected chi connectivity index (χ0v) is 15.0. The number of terminal acetylenes is 1. The molecule has 1 aliphatic rings. The molecule has 0 aliphatic carbocycles. The maximum absolute atomic E-state index is 12.6. The summed E-state index contributed by atoms with van der Waals surface area (Å²) in [4.78, 5) is 14.8. The SMILES string of the molecule is C#CCN1CCC(C(=O)NC(C)(C)Cc2ccccc2OC)CC1. The van der Waals surface area contributed by atoms with Gasteiger partial charge < -0.3 is 10.1 Å². The summed E-state index contributed by atoms with van der Waals surface area (Å²) in [5.41, 5.74) is 0.788. The molecule has 1 heterocycles. The molecule has 0 aromatic heterocycles. The third kappa shape index (κ3) is 5.01. The highest BCUT2D eigenvalue weighted by atomic mass is 16.5. The Balaban J connectivity index is 1.92. The van der Waals surface area contributed by atoms with Crippen LogP contribution in [0.1, 0.15) is 32.3 Å². The summed E-state index contributed by atoms with van der Waals surface area (Å²) < 4.78 is 5.41. The van der Waals surface area contributed by atoms with E-state index in [2.05, 4.69) is 30.0 Å². The average Bonchev–Trinajstić information content (AvgIpc) is 2.55. The molecule has 0 atom stereocenters. The minimum atomic E-state index is -0.318. The molecule has 1 aromatic rings. The lowest BCUT2D eigenvalue weighted by atomic mass is 9.91. The summed E-state index contributed by atoms with van der Waals surface area (Å²) in [5.74, 6) is 3.76. The highest BCUT2D eigenvalue weighted by molar-refractivity contribution is 5.79. The van der Waals surface area contributed by atoms with Crippen LogP contribution in [-0.2, 0) is 11.2 Å². The highest BCUT2D eigenvalue weighted by Gasteiger charge is 2.29. The van der Waals surface area contributed by atoms with E-state index in [1.54, 1.807) is 7.11 Å². The Morgan fingerprint density at radius 3 is 2.67 bits per heavy atom. The van der Waals surface area contributed by atoms with E-state index in [0.717, 1.165) is 43.7 Å². The number of para-hydroxylation sites is 1. The normalized spacial score (nSPS) is 16.4. The van der Waals surface area contributed by atoms with Gasteiger partial charge >= 0.3 is 0 Å². The molecular formula is C20H28N2O2. The van der Waals surface area contributed by atoms with E-state index in [0.29, 0.717) is 6.54 Å². The van der Waals surface area contributed by atoms with Crippen molar-refractivity contribution in [2.45, 2.75) is 38.6 Å². The minimum absolute atomic E-state index is 0.0796. The number of piperidine rings is 1. The zero-order chi connectivity index (χ0) is 17.6. The number of carbonyl (C=O) groups is 1. The quantitative estimate of drug-likeness (QED) is 0.816. The number of likely N-dealkylation sites (tertiary alicyclic amines) is 1. The molecule has 1 fully saturated rings. The number of carbonyl (C=O) groups excluding carboxylic acids is 1. The van der Waals surface area contributed by atoms with Crippen molar-refractivity contribution in [3.63, 3.8) is 0 Å². The largest absolute Gasteiger partial charge is 0.496 e. The first-order valence-electron chi connectivity index (χ1n) is 8.55. The molecule has 0 bridgehead atoms. The number of nitrogens with one attached hydrogen (secondary N) is 1. The van der Waals surface area contributed by atoms with Gasteiger partial charge in [0.05, 0.1) is 13.7 Å². The second kappa shape index (κ2) is 8.21. The summed E-state index contributed by atoms with van der Waals surface area (Å²) in [6, 6.07) is 7.95. The van der Waals surface area contributed by atoms with Crippen LogP contribution in [0.4, 0.5) is 0 Å². The van der Waals surface area contributed by atoms with Gasteiger partial charge in [-0.05, 0) is 57.8 Å². The fraction of sp³-hybridized carbons (Fsp3) is 0.550. The Morgan fingerprint density at radius 1 is 1.38 bits per heavy atom. The number of benzene rings is 1. The molecule has 0 unspecified atom stereocenters. The van der Waals surface area contributed by atoms with Gasteiger partial charge in [0.25, 0.3) is 0 Å². The molecule has 1 aromatic carbocycles. The summed E-state index contributed by atoms with van der Waals surface area (Å²) in [6.07, 6.45) is 7.83. The van der Waals surface area contributed by atoms with Crippen molar-refractivity contribution in [3.05, 3.63) is 29.8 Å². The van der Waals surface area contributed by atoms with Crippen molar-refractivity contribution in [2.75, 3.05) is 26.7 Å². The van der Waals surface area contributed by atoms with Crippen LogP contribution < -0.4 is 10.1 Å². The minimum Gasteiger partial charge on any atom is -0.496 e. The summed E-state index contributed by atoms with van der Waals surface area (Å²) in [7, 11) is 1.67. The third-order valence-corrected chi connectivity index (χ3v) is 4.56. The van der Waals surface area contributed by atoms with E-state index in [9.17, 15) is 4.79 Å². The predicted octanol–water partition coefficient (Wildman–Crippen LogP) is 2.48. The number of hydrogen-bond acceptors (Lipinski definition) is 3. The number of amides is 1. The molecule has 1 amide bonds. The van der Waals surface area contributed by atoms with Gasteiger partial charge in [-0.3, -0.25) is 9.69 Å². The lowest BCUT2D eigenvalue weighted by molar-refractivity contribution is -0.128. The van der Waals surface area contributed by atoms with Gasteiger partial charge in [-0.2, -0.15) is 0 Å². The van der Waals surface area contributed by atoms with E-state index in [1.165, 1.54) is 0 Å². The molecule has 2 rings (SSSR count). The van der Waals surface area contributed by atoms with Gasteiger partial charge in [-0.25, -0.2) is 0 Å². The van der Waals surface area contributed by atoms with Crippen molar-refractivity contribution < 1.29 is 9.53 Å². The van der Waals surface area contributed by atoms with Crippen LogP contribution in [0.5, 0.6) is 5.75 Å². The second-order valence-corrected chi connectivity index (χ2v) is 7.12. The number of rotatable bonds is 6. The van der Waals surface area contributed by atoms with Gasteiger partial charge in [0, 0.05) is 11.5 Å². The monoisotopic (exact) mass is 328 g/mol. The van der Waals surface area contributed by atoms with Gasteiger partial charge in [-0.1, -0.05) is 24.1 Å². The van der Waals surface area contributed by atoms with E-state index < -0.39 is 0 Å².